The molecule has 0 amide bonds. The third kappa shape index (κ3) is 4.00. The Labute approximate surface area is 154 Å². The topological polar surface area (TPSA) is 69.2 Å². The van der Waals surface area contributed by atoms with Gasteiger partial charge in [-0.25, -0.2) is 4.98 Å². The maximum absolute atomic E-state index is 12.8. The minimum Gasteiger partial charge on any atom is -0.507 e. The molecule has 5 nitrogen and oxygen atoms in total. The summed E-state index contributed by atoms with van der Waals surface area (Å²) in [6.45, 7) is 7.07. The molecule has 0 saturated heterocycles. The smallest absolute Gasteiger partial charge is 0.449 e. The predicted molar refractivity (Wildman–Crippen MR) is 94.5 cm³/mol. The van der Waals surface area contributed by atoms with Crippen molar-refractivity contribution in [2.24, 2.45) is 0 Å². The number of nitrogens with zero attached hydrogens (tertiary/aromatic N) is 2. The number of halogens is 3. The molecular formula is C19H22F3N3O2. The molecule has 0 atom stereocenters. The first-order valence-electron chi connectivity index (χ1n) is 8.70. The predicted octanol–water partition coefficient (Wildman–Crippen LogP) is 3.35. The number of hydrogen-bond acceptors (Lipinski definition) is 4. The SMILES string of the molecule is CC(C)(C)c1cccc(CN2CCc3nc(C(F)(F)F)[nH]c(=O)c3C2)c1O. The van der Waals surface area contributed by atoms with E-state index >= 15 is 0 Å². The molecule has 8 heteroatoms. The van der Waals surface area contributed by atoms with E-state index in [1.54, 1.807) is 0 Å². The molecule has 3 rings (SSSR count). The summed E-state index contributed by atoms with van der Waals surface area (Å²) in [5.74, 6) is -1.04. The van der Waals surface area contributed by atoms with Gasteiger partial charge in [-0.05, 0) is 11.0 Å². The Kier molecular flexibility index (Phi) is 4.80. The Hall–Kier alpha value is -2.35. The number of phenolic OH excluding ortho intramolecular Hbond substituents is 1. The number of nitrogens with one attached hydrogen (secondary N) is 1. The van der Waals surface area contributed by atoms with Crippen LogP contribution in [-0.2, 0) is 31.1 Å². The molecule has 1 aliphatic heterocycles. The lowest BCUT2D eigenvalue weighted by Gasteiger charge is -2.29. The van der Waals surface area contributed by atoms with Crippen LogP contribution in [0.3, 0.4) is 0 Å². The number of H-pyrrole nitrogens is 1. The highest BCUT2D eigenvalue weighted by Crippen LogP contribution is 2.34. The van der Waals surface area contributed by atoms with Crippen molar-refractivity contribution >= 4 is 0 Å². The molecule has 0 bridgehead atoms. The molecule has 0 unspecified atom stereocenters. The summed E-state index contributed by atoms with van der Waals surface area (Å²) >= 11 is 0. The Morgan fingerprint density at radius 3 is 2.59 bits per heavy atom. The van der Waals surface area contributed by atoms with Gasteiger partial charge in [0.15, 0.2) is 0 Å². The van der Waals surface area contributed by atoms with Gasteiger partial charge in [0.25, 0.3) is 5.56 Å². The number of para-hydroxylation sites is 1. The van der Waals surface area contributed by atoms with Crippen molar-refractivity contribution in [3.8, 4) is 5.75 Å². The van der Waals surface area contributed by atoms with E-state index < -0.39 is 17.6 Å². The summed E-state index contributed by atoms with van der Waals surface area (Å²) in [7, 11) is 0. The van der Waals surface area contributed by atoms with Gasteiger partial charge in [0.05, 0.1) is 11.3 Å². The molecule has 2 N–H and O–H groups in total. The van der Waals surface area contributed by atoms with Crippen LogP contribution in [0.25, 0.3) is 0 Å². The van der Waals surface area contributed by atoms with Crippen molar-refractivity contribution in [1.29, 1.82) is 0 Å². The summed E-state index contributed by atoms with van der Waals surface area (Å²) in [5, 5.41) is 10.6. The van der Waals surface area contributed by atoms with Crippen molar-refractivity contribution in [2.45, 2.75) is 51.9 Å². The van der Waals surface area contributed by atoms with Gasteiger partial charge >= 0.3 is 6.18 Å². The second-order valence-electron chi connectivity index (χ2n) is 7.86. The monoisotopic (exact) mass is 381 g/mol. The van der Waals surface area contributed by atoms with Gasteiger partial charge in [-0.1, -0.05) is 39.0 Å². The Morgan fingerprint density at radius 2 is 1.96 bits per heavy atom. The van der Waals surface area contributed by atoms with Crippen LogP contribution in [0.4, 0.5) is 13.2 Å². The van der Waals surface area contributed by atoms with Gasteiger partial charge in [-0.3, -0.25) is 9.69 Å². The van der Waals surface area contributed by atoms with Crippen LogP contribution in [0.1, 0.15) is 49.0 Å². The molecule has 0 saturated carbocycles. The molecule has 2 aromatic rings. The number of phenols is 1. The number of hydrogen-bond donors (Lipinski definition) is 2. The molecule has 146 valence electrons. The van der Waals surface area contributed by atoms with E-state index in [4.69, 9.17) is 0 Å². The van der Waals surface area contributed by atoms with Gasteiger partial charge < -0.3 is 10.1 Å². The summed E-state index contributed by atoms with van der Waals surface area (Å²) in [4.78, 5) is 19.5. The first-order valence-corrected chi connectivity index (χ1v) is 8.70. The van der Waals surface area contributed by atoms with Crippen LogP contribution in [0, 0.1) is 0 Å². The van der Waals surface area contributed by atoms with Crippen molar-refractivity contribution in [1.82, 2.24) is 14.9 Å². The molecule has 1 aromatic carbocycles. The van der Waals surface area contributed by atoms with Crippen LogP contribution in [0.5, 0.6) is 5.75 Å². The zero-order chi connectivity index (χ0) is 20.0. The Bertz CT molecular complexity index is 914. The number of aromatic amines is 1. The van der Waals surface area contributed by atoms with Crippen LogP contribution in [0.2, 0.25) is 0 Å². The maximum atomic E-state index is 12.8. The lowest BCUT2D eigenvalue weighted by atomic mass is 9.85. The highest BCUT2D eigenvalue weighted by molar-refractivity contribution is 5.44. The fraction of sp³-hybridized carbons (Fsp3) is 0.474. The van der Waals surface area contributed by atoms with Crippen molar-refractivity contribution in [2.75, 3.05) is 6.54 Å². The minimum atomic E-state index is -4.68. The number of fused-ring (bicyclic) bond motifs is 1. The molecular weight excluding hydrogens is 359 g/mol. The zero-order valence-corrected chi connectivity index (χ0v) is 15.4. The first kappa shape index (κ1) is 19.4. The van der Waals surface area contributed by atoms with Crippen LogP contribution >= 0.6 is 0 Å². The normalized spacial score (nSPS) is 15.6. The molecule has 2 heterocycles. The van der Waals surface area contributed by atoms with Gasteiger partial charge in [0, 0.05) is 31.6 Å². The average Bonchev–Trinajstić information content (AvgIpc) is 2.55. The third-order valence-corrected chi connectivity index (χ3v) is 4.74. The average molecular weight is 381 g/mol. The number of aromatic hydroxyl groups is 1. The highest BCUT2D eigenvalue weighted by atomic mass is 19.4. The molecule has 1 aromatic heterocycles. The first-order chi connectivity index (χ1) is 12.5. The summed E-state index contributed by atoms with van der Waals surface area (Å²) in [6, 6.07) is 5.56. The number of benzene rings is 1. The van der Waals surface area contributed by atoms with E-state index in [0.717, 1.165) is 11.1 Å². The second-order valence-corrected chi connectivity index (χ2v) is 7.86. The van der Waals surface area contributed by atoms with Crippen LogP contribution in [0.15, 0.2) is 23.0 Å². The lowest BCUT2D eigenvalue weighted by Crippen LogP contribution is -2.36. The Morgan fingerprint density at radius 1 is 1.26 bits per heavy atom. The standard InChI is InChI=1S/C19H22F3N3O2/c1-18(2,3)13-6-4-5-11(15(13)26)9-25-8-7-14-12(10-25)16(27)24-17(23-14)19(20,21)22/h4-6,26H,7-10H2,1-3H3,(H,23,24,27). The van der Waals surface area contributed by atoms with Gasteiger partial charge in [0.2, 0.25) is 5.82 Å². The molecule has 0 spiro atoms. The van der Waals surface area contributed by atoms with E-state index in [1.165, 1.54) is 0 Å². The number of alkyl halides is 3. The quantitative estimate of drug-likeness (QED) is 0.837. The van der Waals surface area contributed by atoms with Crippen LogP contribution in [-0.4, -0.2) is 26.5 Å². The largest absolute Gasteiger partial charge is 0.507 e. The van der Waals surface area contributed by atoms with Gasteiger partial charge in [-0.15, -0.1) is 0 Å². The summed E-state index contributed by atoms with van der Waals surface area (Å²) in [6.07, 6.45) is -4.42. The van der Waals surface area contributed by atoms with Crippen molar-refractivity contribution in [3.63, 3.8) is 0 Å². The highest BCUT2D eigenvalue weighted by Gasteiger charge is 2.36. The van der Waals surface area contributed by atoms with Gasteiger partial charge in [-0.2, -0.15) is 13.2 Å². The zero-order valence-electron chi connectivity index (χ0n) is 15.4. The lowest BCUT2D eigenvalue weighted by molar-refractivity contribution is -0.145. The minimum absolute atomic E-state index is 0.189. The molecule has 1 aliphatic rings. The van der Waals surface area contributed by atoms with E-state index in [1.807, 2.05) is 48.9 Å². The Balaban J connectivity index is 1.85. The maximum Gasteiger partial charge on any atom is 0.449 e. The summed E-state index contributed by atoms with van der Waals surface area (Å²) < 4.78 is 38.4. The van der Waals surface area contributed by atoms with E-state index in [2.05, 4.69) is 4.98 Å². The number of rotatable bonds is 2. The van der Waals surface area contributed by atoms with Crippen molar-refractivity contribution < 1.29 is 18.3 Å². The van der Waals surface area contributed by atoms with Crippen molar-refractivity contribution in [3.05, 3.63) is 56.8 Å². The van der Waals surface area contributed by atoms with E-state index in [9.17, 15) is 23.1 Å². The van der Waals surface area contributed by atoms with E-state index in [-0.39, 0.29) is 35.4 Å². The third-order valence-electron chi connectivity index (χ3n) is 4.74. The summed E-state index contributed by atoms with van der Waals surface area (Å²) in [5.41, 5.74) is 1.01. The molecule has 0 aliphatic carbocycles. The van der Waals surface area contributed by atoms with Crippen LogP contribution < -0.4 is 5.56 Å². The van der Waals surface area contributed by atoms with Gasteiger partial charge in [0.1, 0.15) is 5.75 Å². The second kappa shape index (κ2) is 6.67. The molecule has 27 heavy (non-hydrogen) atoms. The number of aromatic nitrogens is 2. The van der Waals surface area contributed by atoms with E-state index in [0.29, 0.717) is 13.1 Å². The fourth-order valence-corrected chi connectivity index (χ4v) is 3.32. The fourth-order valence-electron chi connectivity index (χ4n) is 3.32. The molecule has 0 fully saturated rings. The molecule has 0 radical (unpaired) electrons.